The Labute approximate surface area is 309 Å². The first kappa shape index (κ1) is 29.3. The highest BCUT2D eigenvalue weighted by Crippen LogP contribution is 2.44. The summed E-state index contributed by atoms with van der Waals surface area (Å²) in [5, 5.41) is 12.5. The van der Waals surface area contributed by atoms with Crippen LogP contribution in [0, 0.1) is 0 Å². The van der Waals surface area contributed by atoms with Crippen LogP contribution in [0.4, 0.5) is 0 Å². The molecule has 0 aliphatic carbocycles. The number of fused-ring (bicyclic) bond motifs is 13. The quantitative estimate of drug-likeness (QED) is 0.174. The average molecular weight is 688 g/mol. The summed E-state index contributed by atoms with van der Waals surface area (Å²) < 4.78 is 8.72. The van der Waals surface area contributed by atoms with Crippen LogP contribution in [0.3, 0.4) is 0 Å². The first-order chi connectivity index (χ1) is 26.8. The van der Waals surface area contributed by atoms with Crippen molar-refractivity contribution < 1.29 is 4.42 Å². The summed E-state index contributed by atoms with van der Waals surface area (Å²) >= 11 is 0. The lowest BCUT2D eigenvalue weighted by molar-refractivity contribution is 0.669. The molecule has 0 N–H and O–H groups in total. The maximum atomic E-state index is 6.39. The van der Waals surface area contributed by atoms with Gasteiger partial charge in [-0.3, -0.25) is 4.57 Å². The summed E-state index contributed by atoms with van der Waals surface area (Å²) in [5.41, 5.74) is 9.14. The Balaban J connectivity index is 1.24. The van der Waals surface area contributed by atoms with Crippen LogP contribution < -0.4 is 0 Å². The van der Waals surface area contributed by atoms with Gasteiger partial charge in [0.2, 0.25) is 5.95 Å². The van der Waals surface area contributed by atoms with E-state index in [9.17, 15) is 0 Å². The third kappa shape index (κ3) is 4.13. The van der Waals surface area contributed by atoms with Gasteiger partial charge in [-0.05, 0) is 57.6 Å². The van der Waals surface area contributed by atoms with Crippen molar-refractivity contribution in [1.29, 1.82) is 0 Å². The molecule has 9 aromatic carbocycles. The molecule has 12 rings (SSSR count). The number of hydrogen-bond donors (Lipinski definition) is 0. The number of para-hydroxylation sites is 1. The molecule has 0 saturated carbocycles. The molecule has 0 bridgehead atoms. The van der Waals surface area contributed by atoms with Crippen molar-refractivity contribution in [3.8, 4) is 28.3 Å². The third-order valence-corrected chi connectivity index (χ3v) is 11.2. The van der Waals surface area contributed by atoms with E-state index in [2.05, 4.69) is 168 Å². The molecule has 4 nitrogen and oxygen atoms in total. The van der Waals surface area contributed by atoms with Crippen LogP contribution in [0.2, 0.25) is 0 Å². The monoisotopic (exact) mass is 687 g/mol. The van der Waals surface area contributed by atoms with Crippen molar-refractivity contribution in [2.45, 2.75) is 0 Å². The van der Waals surface area contributed by atoms with Crippen molar-refractivity contribution in [2.75, 3.05) is 0 Å². The lowest BCUT2D eigenvalue weighted by Gasteiger charge is -2.15. The predicted molar refractivity (Wildman–Crippen MR) is 225 cm³/mol. The SMILES string of the molecule is c1ccc(-c2nc(-n3c4c5ccccc5ccc4c4cc(-c5ccc6c(c5)oc5ccccc56)c5ccccc5c43)nc3c2ccc2ccccc23)cc1. The molecule has 0 unspecified atom stereocenters. The first-order valence-corrected chi connectivity index (χ1v) is 18.3. The maximum Gasteiger partial charge on any atom is 0.235 e. The molecular weight excluding hydrogens is 659 g/mol. The van der Waals surface area contributed by atoms with E-state index in [0.717, 1.165) is 104 Å². The van der Waals surface area contributed by atoms with Gasteiger partial charge in [0.05, 0.1) is 22.2 Å². The fraction of sp³-hybridized carbons (Fsp3) is 0. The highest BCUT2D eigenvalue weighted by molar-refractivity contribution is 6.26. The summed E-state index contributed by atoms with van der Waals surface area (Å²) in [5.74, 6) is 0.649. The molecule has 3 aromatic heterocycles. The van der Waals surface area contributed by atoms with E-state index >= 15 is 0 Å². The van der Waals surface area contributed by atoms with E-state index in [1.165, 1.54) is 5.39 Å². The van der Waals surface area contributed by atoms with E-state index in [4.69, 9.17) is 14.4 Å². The van der Waals surface area contributed by atoms with E-state index in [-0.39, 0.29) is 0 Å². The summed E-state index contributed by atoms with van der Waals surface area (Å²) in [7, 11) is 0. The normalized spacial score (nSPS) is 12.1. The third-order valence-electron chi connectivity index (χ3n) is 11.2. The summed E-state index contributed by atoms with van der Waals surface area (Å²) in [6.45, 7) is 0. The fourth-order valence-corrected chi connectivity index (χ4v) is 8.73. The second kappa shape index (κ2) is 11.1. The predicted octanol–water partition coefficient (Wildman–Crippen LogP) is 13.4. The lowest BCUT2D eigenvalue weighted by atomic mass is 9.94. The molecule has 0 fully saturated rings. The van der Waals surface area contributed by atoms with Crippen LogP contribution in [-0.4, -0.2) is 14.5 Å². The van der Waals surface area contributed by atoms with Gasteiger partial charge < -0.3 is 4.42 Å². The standard InChI is InChI=1S/C50H29N3O/c1-2-14-32(15-3-1)46-41-27-23-30-12-4-6-16-34(30)47(41)52-50(51-46)53-48-35-17-7-5-13-31(35)22-26-40(48)43-29-42(36-18-8-9-20-39(36)49(43)53)33-24-25-38-37-19-10-11-21-44(37)54-45(38)28-33/h1-29H. The Morgan fingerprint density at radius 1 is 0.370 bits per heavy atom. The van der Waals surface area contributed by atoms with Gasteiger partial charge in [0, 0.05) is 48.7 Å². The van der Waals surface area contributed by atoms with E-state index < -0.39 is 0 Å². The van der Waals surface area contributed by atoms with Crippen LogP contribution in [0.25, 0.3) is 115 Å². The summed E-state index contributed by atoms with van der Waals surface area (Å²) in [4.78, 5) is 11.0. The lowest BCUT2D eigenvalue weighted by Crippen LogP contribution is -2.04. The number of benzene rings is 9. The number of rotatable bonds is 3. The van der Waals surface area contributed by atoms with E-state index in [0.29, 0.717) is 5.95 Å². The zero-order chi connectivity index (χ0) is 35.3. The van der Waals surface area contributed by atoms with E-state index in [1.807, 2.05) is 12.1 Å². The topological polar surface area (TPSA) is 43.9 Å². The Bertz CT molecular complexity index is 3500. The van der Waals surface area contributed by atoms with Crippen molar-refractivity contribution in [1.82, 2.24) is 14.5 Å². The summed E-state index contributed by atoms with van der Waals surface area (Å²) in [6.07, 6.45) is 0. The second-order valence-corrected chi connectivity index (χ2v) is 14.1. The van der Waals surface area contributed by atoms with Crippen molar-refractivity contribution in [3.63, 3.8) is 0 Å². The number of furan rings is 1. The zero-order valence-electron chi connectivity index (χ0n) is 29.0. The number of hydrogen-bond acceptors (Lipinski definition) is 3. The molecule has 3 heterocycles. The van der Waals surface area contributed by atoms with Gasteiger partial charge in [0.1, 0.15) is 11.2 Å². The van der Waals surface area contributed by atoms with Crippen LogP contribution in [-0.2, 0) is 0 Å². The molecule has 54 heavy (non-hydrogen) atoms. The molecule has 0 aliphatic rings. The van der Waals surface area contributed by atoms with Gasteiger partial charge in [-0.2, -0.15) is 0 Å². The highest BCUT2D eigenvalue weighted by Gasteiger charge is 2.23. The Morgan fingerprint density at radius 3 is 1.80 bits per heavy atom. The van der Waals surface area contributed by atoms with Crippen LogP contribution in [0.15, 0.2) is 180 Å². The Morgan fingerprint density at radius 2 is 0.963 bits per heavy atom. The summed E-state index contributed by atoms with van der Waals surface area (Å²) in [6, 6.07) is 62.5. The zero-order valence-corrected chi connectivity index (χ0v) is 29.0. The Kier molecular flexibility index (Phi) is 6.02. The van der Waals surface area contributed by atoms with Gasteiger partial charge >= 0.3 is 0 Å². The van der Waals surface area contributed by atoms with Gasteiger partial charge in [-0.1, -0.05) is 146 Å². The van der Waals surface area contributed by atoms with Crippen molar-refractivity contribution in [3.05, 3.63) is 176 Å². The van der Waals surface area contributed by atoms with Gasteiger partial charge in [-0.25, -0.2) is 9.97 Å². The highest BCUT2D eigenvalue weighted by atomic mass is 16.3. The molecule has 0 saturated heterocycles. The molecule has 12 aromatic rings. The average Bonchev–Trinajstić information content (AvgIpc) is 3.79. The molecular formula is C50H29N3O. The fourth-order valence-electron chi connectivity index (χ4n) is 8.73. The largest absolute Gasteiger partial charge is 0.456 e. The van der Waals surface area contributed by atoms with Crippen molar-refractivity contribution >= 4 is 87.0 Å². The van der Waals surface area contributed by atoms with Gasteiger partial charge in [0.25, 0.3) is 0 Å². The Hall–Kier alpha value is -7.30. The molecule has 4 heteroatoms. The molecule has 0 spiro atoms. The molecule has 0 aliphatic heterocycles. The minimum atomic E-state index is 0.649. The molecule has 0 radical (unpaired) electrons. The van der Waals surface area contributed by atoms with Crippen LogP contribution in [0.1, 0.15) is 0 Å². The minimum Gasteiger partial charge on any atom is -0.456 e. The first-order valence-electron chi connectivity index (χ1n) is 18.3. The number of aromatic nitrogens is 3. The van der Waals surface area contributed by atoms with Gasteiger partial charge in [0.15, 0.2) is 0 Å². The molecule has 0 atom stereocenters. The van der Waals surface area contributed by atoms with Crippen LogP contribution >= 0.6 is 0 Å². The molecule has 250 valence electrons. The minimum absolute atomic E-state index is 0.649. The maximum absolute atomic E-state index is 6.39. The van der Waals surface area contributed by atoms with E-state index in [1.54, 1.807) is 0 Å². The number of nitrogens with zero attached hydrogens (tertiary/aromatic N) is 3. The van der Waals surface area contributed by atoms with Gasteiger partial charge in [-0.15, -0.1) is 0 Å². The molecule has 0 amide bonds. The second-order valence-electron chi connectivity index (χ2n) is 14.1. The van der Waals surface area contributed by atoms with Crippen LogP contribution in [0.5, 0.6) is 0 Å². The smallest absolute Gasteiger partial charge is 0.235 e. The van der Waals surface area contributed by atoms with Crippen molar-refractivity contribution in [2.24, 2.45) is 0 Å².